The van der Waals surface area contributed by atoms with Crippen molar-refractivity contribution in [3.63, 3.8) is 0 Å². The molecule has 128 valence electrons. The summed E-state index contributed by atoms with van der Waals surface area (Å²) in [4.78, 5) is 28.3. The Morgan fingerprint density at radius 2 is 1.91 bits per heavy atom. The van der Waals surface area contributed by atoms with Crippen molar-refractivity contribution in [2.24, 2.45) is 11.1 Å². The number of thiophene rings is 1. The van der Waals surface area contributed by atoms with Crippen LogP contribution in [-0.2, 0) is 4.79 Å². The summed E-state index contributed by atoms with van der Waals surface area (Å²) in [6.45, 7) is 9.22. The van der Waals surface area contributed by atoms with Gasteiger partial charge in [0.15, 0.2) is 0 Å². The van der Waals surface area contributed by atoms with E-state index in [1.807, 2.05) is 44.7 Å². The molecule has 1 fully saturated rings. The molecule has 0 unspecified atom stereocenters. The number of nitrogens with one attached hydrogen (secondary N) is 1. The Balaban J connectivity index is 1.84. The van der Waals surface area contributed by atoms with Crippen molar-refractivity contribution in [1.29, 1.82) is 0 Å². The fourth-order valence-corrected chi connectivity index (χ4v) is 3.40. The monoisotopic (exact) mass is 337 g/mol. The fraction of sp³-hybridized carbons (Fsp3) is 0.647. The predicted octanol–water partition coefficient (Wildman–Crippen LogP) is 2.15. The summed E-state index contributed by atoms with van der Waals surface area (Å²) in [5.41, 5.74) is 5.82. The molecule has 0 spiro atoms. The third kappa shape index (κ3) is 4.54. The minimum atomic E-state index is -0.484. The minimum Gasteiger partial charge on any atom is -0.348 e. The summed E-state index contributed by atoms with van der Waals surface area (Å²) in [7, 11) is 0. The second kappa shape index (κ2) is 7.01. The molecule has 1 atom stereocenters. The van der Waals surface area contributed by atoms with E-state index in [4.69, 9.17) is 5.73 Å². The van der Waals surface area contributed by atoms with Crippen LogP contribution in [0, 0.1) is 12.3 Å². The van der Waals surface area contributed by atoms with Gasteiger partial charge in [0.25, 0.3) is 5.91 Å². The molecule has 1 aromatic heterocycles. The molecule has 0 bridgehead atoms. The van der Waals surface area contributed by atoms with E-state index in [1.54, 1.807) is 0 Å². The SMILES string of the molecule is Cc1ccc(C(=O)NC2CCN(C(=O)[C@@H](N)C(C)(C)C)CC2)s1. The predicted molar refractivity (Wildman–Crippen MR) is 93.6 cm³/mol. The van der Waals surface area contributed by atoms with Crippen molar-refractivity contribution in [2.75, 3.05) is 13.1 Å². The van der Waals surface area contributed by atoms with Crippen LogP contribution in [0.5, 0.6) is 0 Å². The van der Waals surface area contributed by atoms with Crippen LogP contribution in [0.2, 0.25) is 0 Å². The van der Waals surface area contributed by atoms with Crippen molar-refractivity contribution in [2.45, 2.75) is 52.6 Å². The number of carbonyl (C=O) groups excluding carboxylic acids is 2. The van der Waals surface area contributed by atoms with Crippen molar-refractivity contribution in [3.8, 4) is 0 Å². The summed E-state index contributed by atoms with van der Waals surface area (Å²) in [6.07, 6.45) is 1.55. The molecule has 1 aromatic rings. The average molecular weight is 337 g/mol. The number of nitrogens with two attached hydrogens (primary N) is 1. The van der Waals surface area contributed by atoms with Gasteiger partial charge in [0.1, 0.15) is 0 Å². The van der Waals surface area contributed by atoms with Gasteiger partial charge in [-0.15, -0.1) is 11.3 Å². The summed E-state index contributed by atoms with van der Waals surface area (Å²) in [5, 5.41) is 3.07. The van der Waals surface area contributed by atoms with Crippen LogP contribution in [0.15, 0.2) is 12.1 Å². The van der Waals surface area contributed by atoms with Gasteiger partial charge < -0.3 is 16.0 Å². The fourth-order valence-electron chi connectivity index (χ4n) is 2.62. The molecule has 2 amide bonds. The third-order valence-corrected chi connectivity index (χ3v) is 5.30. The first-order valence-corrected chi connectivity index (χ1v) is 8.92. The molecule has 6 heteroatoms. The molecule has 2 rings (SSSR count). The highest BCUT2D eigenvalue weighted by Gasteiger charge is 2.33. The van der Waals surface area contributed by atoms with Crippen LogP contribution in [-0.4, -0.2) is 41.9 Å². The molecular formula is C17H27N3O2S. The second-order valence-electron chi connectivity index (χ2n) is 7.33. The van der Waals surface area contributed by atoms with Gasteiger partial charge in [-0.3, -0.25) is 9.59 Å². The number of amides is 2. The molecule has 2 heterocycles. The van der Waals surface area contributed by atoms with Crippen LogP contribution in [0.1, 0.15) is 48.2 Å². The average Bonchev–Trinajstić information content (AvgIpc) is 2.92. The maximum atomic E-state index is 12.4. The zero-order valence-electron chi connectivity index (χ0n) is 14.4. The normalized spacial score (nSPS) is 17.9. The van der Waals surface area contributed by atoms with Crippen molar-refractivity contribution < 1.29 is 9.59 Å². The van der Waals surface area contributed by atoms with Crippen LogP contribution in [0.25, 0.3) is 0 Å². The largest absolute Gasteiger partial charge is 0.348 e. The molecule has 5 nitrogen and oxygen atoms in total. The molecule has 0 saturated carbocycles. The molecule has 1 aliphatic heterocycles. The molecule has 0 aliphatic carbocycles. The summed E-state index contributed by atoms with van der Waals surface area (Å²) in [6, 6.07) is 3.45. The molecule has 1 aliphatic rings. The van der Waals surface area contributed by atoms with Crippen molar-refractivity contribution in [3.05, 3.63) is 21.9 Å². The van der Waals surface area contributed by atoms with E-state index in [-0.39, 0.29) is 23.3 Å². The Hall–Kier alpha value is -1.40. The molecular weight excluding hydrogens is 310 g/mol. The lowest BCUT2D eigenvalue weighted by molar-refractivity contribution is -0.136. The lowest BCUT2D eigenvalue weighted by atomic mass is 9.86. The van der Waals surface area contributed by atoms with Crippen LogP contribution >= 0.6 is 11.3 Å². The first-order chi connectivity index (χ1) is 10.7. The van der Waals surface area contributed by atoms with Gasteiger partial charge in [-0.25, -0.2) is 0 Å². The Kier molecular flexibility index (Phi) is 5.47. The maximum Gasteiger partial charge on any atom is 0.261 e. The van der Waals surface area contributed by atoms with Crippen molar-refractivity contribution >= 4 is 23.2 Å². The Morgan fingerprint density at radius 1 is 1.30 bits per heavy atom. The number of hydrogen-bond donors (Lipinski definition) is 2. The number of likely N-dealkylation sites (tertiary alicyclic amines) is 1. The highest BCUT2D eigenvalue weighted by molar-refractivity contribution is 7.13. The molecule has 1 saturated heterocycles. The van der Waals surface area contributed by atoms with E-state index >= 15 is 0 Å². The second-order valence-corrected chi connectivity index (χ2v) is 8.61. The molecule has 0 radical (unpaired) electrons. The lowest BCUT2D eigenvalue weighted by Crippen LogP contribution is -2.54. The van der Waals surface area contributed by atoms with Gasteiger partial charge >= 0.3 is 0 Å². The van der Waals surface area contributed by atoms with Gasteiger partial charge in [-0.2, -0.15) is 0 Å². The number of hydrogen-bond acceptors (Lipinski definition) is 4. The third-order valence-electron chi connectivity index (χ3n) is 4.31. The number of carbonyl (C=O) groups is 2. The van der Waals surface area contributed by atoms with Crippen LogP contribution in [0.4, 0.5) is 0 Å². The van der Waals surface area contributed by atoms with Gasteiger partial charge in [-0.1, -0.05) is 20.8 Å². The van der Waals surface area contributed by atoms with Crippen LogP contribution in [0.3, 0.4) is 0 Å². The summed E-state index contributed by atoms with van der Waals surface area (Å²) in [5.74, 6) is -0.00423. The van der Waals surface area contributed by atoms with Gasteiger partial charge in [0, 0.05) is 24.0 Å². The van der Waals surface area contributed by atoms with Crippen molar-refractivity contribution in [1.82, 2.24) is 10.2 Å². The number of piperidine rings is 1. The highest BCUT2D eigenvalue weighted by Crippen LogP contribution is 2.21. The van der Waals surface area contributed by atoms with E-state index in [2.05, 4.69) is 5.32 Å². The highest BCUT2D eigenvalue weighted by atomic mass is 32.1. The minimum absolute atomic E-state index is 0.0103. The summed E-state index contributed by atoms with van der Waals surface area (Å²) >= 11 is 1.50. The topological polar surface area (TPSA) is 75.4 Å². The zero-order valence-corrected chi connectivity index (χ0v) is 15.2. The summed E-state index contributed by atoms with van der Waals surface area (Å²) < 4.78 is 0. The first-order valence-electron chi connectivity index (χ1n) is 8.10. The van der Waals surface area contributed by atoms with Gasteiger partial charge in [0.05, 0.1) is 10.9 Å². The number of rotatable bonds is 3. The molecule has 23 heavy (non-hydrogen) atoms. The van der Waals surface area contributed by atoms with Crippen LogP contribution < -0.4 is 11.1 Å². The smallest absolute Gasteiger partial charge is 0.261 e. The lowest BCUT2D eigenvalue weighted by Gasteiger charge is -2.36. The maximum absolute atomic E-state index is 12.4. The Morgan fingerprint density at radius 3 is 2.39 bits per heavy atom. The standard InChI is InChI=1S/C17H27N3O2S/c1-11-5-6-13(23-11)15(21)19-12-7-9-20(10-8-12)16(22)14(18)17(2,3)4/h5-6,12,14H,7-10,18H2,1-4H3,(H,19,21)/t14-/m1/s1. The molecule has 0 aromatic carbocycles. The quantitative estimate of drug-likeness (QED) is 0.887. The number of aryl methyl sites for hydroxylation is 1. The first kappa shape index (κ1) is 17.9. The van der Waals surface area contributed by atoms with E-state index < -0.39 is 6.04 Å². The van der Waals surface area contributed by atoms with E-state index in [9.17, 15) is 9.59 Å². The van der Waals surface area contributed by atoms with E-state index in [1.165, 1.54) is 11.3 Å². The zero-order chi connectivity index (χ0) is 17.2. The van der Waals surface area contributed by atoms with E-state index in [0.29, 0.717) is 13.1 Å². The van der Waals surface area contributed by atoms with Gasteiger partial charge in [-0.05, 0) is 37.3 Å². The Bertz CT molecular complexity index is 569. The molecule has 3 N–H and O–H groups in total. The number of nitrogens with zero attached hydrogens (tertiary/aromatic N) is 1. The Labute approximate surface area is 142 Å². The van der Waals surface area contributed by atoms with Gasteiger partial charge in [0.2, 0.25) is 5.91 Å². The van der Waals surface area contributed by atoms with E-state index in [0.717, 1.165) is 22.6 Å².